The molecule has 96 valence electrons. The number of amides is 1. The van der Waals surface area contributed by atoms with Crippen LogP contribution in [0, 0.1) is 18.2 Å². The van der Waals surface area contributed by atoms with Crippen LogP contribution in [0.1, 0.15) is 11.1 Å². The van der Waals surface area contributed by atoms with Crippen molar-refractivity contribution in [2.45, 2.75) is 6.54 Å². The predicted molar refractivity (Wildman–Crippen MR) is 71.3 cm³/mol. The van der Waals surface area contributed by atoms with Gasteiger partial charge in [0.05, 0.1) is 5.56 Å². The zero-order valence-corrected chi connectivity index (χ0v) is 10.4. The van der Waals surface area contributed by atoms with Gasteiger partial charge in [-0.2, -0.15) is 0 Å². The maximum absolute atomic E-state index is 13.5. The third-order valence-corrected chi connectivity index (χ3v) is 2.92. The van der Waals surface area contributed by atoms with Gasteiger partial charge in [-0.3, -0.25) is 0 Å². The Morgan fingerprint density at radius 3 is 2.79 bits per heavy atom. The van der Waals surface area contributed by atoms with Gasteiger partial charge in [0.1, 0.15) is 5.82 Å². The van der Waals surface area contributed by atoms with Crippen molar-refractivity contribution in [1.29, 1.82) is 0 Å². The van der Waals surface area contributed by atoms with Crippen molar-refractivity contribution < 1.29 is 14.3 Å². The van der Waals surface area contributed by atoms with Gasteiger partial charge in [-0.25, -0.2) is 9.18 Å². The van der Waals surface area contributed by atoms with Crippen molar-refractivity contribution in [3.63, 3.8) is 0 Å². The summed E-state index contributed by atoms with van der Waals surface area (Å²) in [4.78, 5) is 11.9. The van der Waals surface area contributed by atoms with E-state index in [1.54, 1.807) is 18.2 Å². The monoisotopic (exact) mass is 257 g/mol. The molecular weight excluding hydrogens is 245 g/mol. The Hall–Kier alpha value is -2.54. The third-order valence-electron chi connectivity index (χ3n) is 2.92. The lowest BCUT2D eigenvalue weighted by Gasteiger charge is -2.13. The summed E-state index contributed by atoms with van der Waals surface area (Å²) in [6.45, 7) is 0.272. The maximum Gasteiger partial charge on any atom is 0.407 e. The van der Waals surface area contributed by atoms with Gasteiger partial charge in [0.15, 0.2) is 0 Å². The highest BCUT2D eigenvalue weighted by atomic mass is 19.1. The Labute approximate surface area is 110 Å². The quantitative estimate of drug-likeness (QED) is 0.840. The number of terminal acetylenes is 1. The Kier molecular flexibility index (Phi) is 3.39. The molecule has 2 aromatic carbocycles. The number of carboxylic acid groups (broad SMARTS) is 1. The van der Waals surface area contributed by atoms with Gasteiger partial charge < -0.3 is 10.0 Å². The average Bonchev–Trinajstić information content (AvgIpc) is 2.38. The standard InChI is InChI=1S/C15H12FNO2/c1-3-12-13-6-4-10(9-17(2)15(18)19)8-11(13)5-7-14(12)16/h1,4-8H,9H2,2H3,(H,18,19). The Bertz CT molecular complexity index is 688. The molecule has 0 aliphatic carbocycles. The van der Waals surface area contributed by atoms with Gasteiger partial charge in [0, 0.05) is 19.0 Å². The molecule has 0 unspecified atom stereocenters. The van der Waals surface area contributed by atoms with E-state index in [4.69, 9.17) is 11.5 Å². The minimum absolute atomic E-state index is 0.232. The van der Waals surface area contributed by atoms with Gasteiger partial charge in [-0.05, 0) is 23.1 Å². The smallest absolute Gasteiger partial charge is 0.407 e. The summed E-state index contributed by atoms with van der Waals surface area (Å²) in [5.41, 5.74) is 1.06. The number of fused-ring (bicyclic) bond motifs is 1. The van der Waals surface area contributed by atoms with Crippen molar-refractivity contribution in [1.82, 2.24) is 4.90 Å². The fraction of sp³-hybridized carbons (Fsp3) is 0.133. The largest absolute Gasteiger partial charge is 0.465 e. The van der Waals surface area contributed by atoms with Crippen molar-refractivity contribution in [3.05, 3.63) is 47.3 Å². The van der Waals surface area contributed by atoms with Gasteiger partial charge in [0.25, 0.3) is 0 Å². The highest BCUT2D eigenvalue weighted by molar-refractivity contribution is 5.88. The number of nitrogens with zero attached hydrogens (tertiary/aromatic N) is 1. The Morgan fingerprint density at radius 1 is 1.42 bits per heavy atom. The summed E-state index contributed by atoms with van der Waals surface area (Å²) in [5.74, 6) is 1.91. The minimum Gasteiger partial charge on any atom is -0.465 e. The molecule has 0 aromatic heterocycles. The van der Waals surface area contributed by atoms with E-state index in [1.165, 1.54) is 18.0 Å². The van der Waals surface area contributed by atoms with Crippen LogP contribution in [0.25, 0.3) is 10.8 Å². The molecule has 0 bridgehead atoms. The number of halogens is 1. The first-order valence-electron chi connectivity index (χ1n) is 5.64. The summed E-state index contributed by atoms with van der Waals surface area (Å²) in [7, 11) is 1.49. The van der Waals surface area contributed by atoms with E-state index in [0.717, 1.165) is 10.9 Å². The van der Waals surface area contributed by atoms with E-state index >= 15 is 0 Å². The van der Waals surface area contributed by atoms with Crippen LogP contribution in [0.15, 0.2) is 30.3 Å². The van der Waals surface area contributed by atoms with E-state index < -0.39 is 11.9 Å². The summed E-state index contributed by atoms with van der Waals surface area (Å²) >= 11 is 0. The van der Waals surface area contributed by atoms with Crippen LogP contribution < -0.4 is 0 Å². The summed E-state index contributed by atoms with van der Waals surface area (Å²) in [5, 5.41) is 10.3. The van der Waals surface area contributed by atoms with Crippen LogP contribution in [0.2, 0.25) is 0 Å². The van der Waals surface area contributed by atoms with Crippen molar-refractivity contribution in [2.75, 3.05) is 7.05 Å². The fourth-order valence-corrected chi connectivity index (χ4v) is 1.94. The molecule has 0 heterocycles. The molecule has 0 aliphatic rings. The van der Waals surface area contributed by atoms with Gasteiger partial charge in [-0.1, -0.05) is 24.1 Å². The first kappa shape index (κ1) is 12.9. The second-order valence-electron chi connectivity index (χ2n) is 4.26. The topological polar surface area (TPSA) is 40.5 Å². The Morgan fingerprint density at radius 2 is 2.16 bits per heavy atom. The van der Waals surface area contributed by atoms with E-state index in [1.807, 2.05) is 6.07 Å². The highest BCUT2D eigenvalue weighted by Crippen LogP contribution is 2.22. The lowest BCUT2D eigenvalue weighted by Crippen LogP contribution is -2.23. The molecule has 3 nitrogen and oxygen atoms in total. The molecular formula is C15H12FNO2. The zero-order valence-electron chi connectivity index (χ0n) is 10.4. The molecule has 19 heavy (non-hydrogen) atoms. The van der Waals surface area contributed by atoms with Gasteiger partial charge in [0.2, 0.25) is 0 Å². The summed E-state index contributed by atoms with van der Waals surface area (Å²) < 4.78 is 13.5. The lowest BCUT2D eigenvalue weighted by molar-refractivity contribution is 0.154. The van der Waals surface area contributed by atoms with Crippen LogP contribution in [-0.4, -0.2) is 23.1 Å². The second-order valence-corrected chi connectivity index (χ2v) is 4.26. The van der Waals surface area contributed by atoms with Crippen molar-refractivity contribution >= 4 is 16.9 Å². The molecule has 4 heteroatoms. The first-order valence-corrected chi connectivity index (χ1v) is 5.64. The Balaban J connectivity index is 2.46. The first-order chi connectivity index (χ1) is 9.02. The molecule has 0 aliphatic heterocycles. The van der Waals surface area contributed by atoms with Crippen LogP contribution in [0.4, 0.5) is 9.18 Å². The van der Waals surface area contributed by atoms with Crippen LogP contribution >= 0.6 is 0 Å². The fourth-order valence-electron chi connectivity index (χ4n) is 1.94. The number of hydrogen-bond donors (Lipinski definition) is 1. The highest BCUT2D eigenvalue weighted by Gasteiger charge is 2.09. The molecule has 0 atom stereocenters. The molecule has 0 fully saturated rings. The lowest BCUT2D eigenvalue weighted by atomic mass is 10.0. The van der Waals surface area contributed by atoms with E-state index in [9.17, 15) is 9.18 Å². The number of carbonyl (C=O) groups is 1. The number of benzene rings is 2. The molecule has 2 aromatic rings. The average molecular weight is 257 g/mol. The van der Waals surface area contributed by atoms with Crippen LogP contribution in [-0.2, 0) is 6.54 Å². The predicted octanol–water partition coefficient (Wildman–Crippen LogP) is 3.07. The van der Waals surface area contributed by atoms with Crippen molar-refractivity contribution in [3.8, 4) is 12.3 Å². The normalized spacial score (nSPS) is 10.2. The molecule has 0 saturated heterocycles. The third kappa shape index (κ3) is 2.50. The van der Waals surface area contributed by atoms with Gasteiger partial charge >= 0.3 is 6.09 Å². The maximum atomic E-state index is 13.5. The molecule has 0 spiro atoms. The van der Waals surface area contributed by atoms with E-state index in [2.05, 4.69) is 5.92 Å². The second kappa shape index (κ2) is 4.99. The molecule has 0 saturated carbocycles. The SMILES string of the molecule is C#Cc1c(F)ccc2cc(CN(C)C(=O)O)ccc12. The summed E-state index contributed by atoms with van der Waals surface area (Å²) in [6, 6.07) is 8.24. The number of hydrogen-bond acceptors (Lipinski definition) is 1. The van der Waals surface area contributed by atoms with Crippen LogP contribution in [0.3, 0.4) is 0 Å². The molecule has 2 rings (SSSR count). The van der Waals surface area contributed by atoms with Crippen molar-refractivity contribution in [2.24, 2.45) is 0 Å². The van der Waals surface area contributed by atoms with Gasteiger partial charge in [-0.15, -0.1) is 6.42 Å². The zero-order chi connectivity index (χ0) is 14.0. The molecule has 1 N–H and O–H groups in total. The van der Waals surface area contributed by atoms with E-state index in [-0.39, 0.29) is 12.1 Å². The summed E-state index contributed by atoms with van der Waals surface area (Å²) in [6.07, 6.45) is 4.30. The molecule has 1 amide bonds. The molecule has 0 radical (unpaired) electrons. The van der Waals surface area contributed by atoms with Crippen LogP contribution in [0.5, 0.6) is 0 Å². The van der Waals surface area contributed by atoms with E-state index in [0.29, 0.717) is 5.39 Å². The minimum atomic E-state index is -0.997. The number of rotatable bonds is 2.